The number of hydrogen-bond acceptors (Lipinski definition) is 2. The third-order valence-electron chi connectivity index (χ3n) is 3.42. The Morgan fingerprint density at radius 2 is 1.95 bits per heavy atom. The summed E-state index contributed by atoms with van der Waals surface area (Å²) in [5.74, 6) is 0.827. The maximum Gasteiger partial charge on any atom is 0.148 e. The Bertz CT molecular complexity index is 748. The Kier molecular flexibility index (Phi) is 3.64. The van der Waals surface area contributed by atoms with E-state index in [0.717, 1.165) is 27.6 Å². The monoisotopic (exact) mass is 329 g/mol. The number of para-hydroxylation sites is 1. The molecule has 0 fully saturated rings. The number of nitrogens with two attached hydrogens (primary N) is 1. The fourth-order valence-corrected chi connectivity index (χ4v) is 2.89. The highest BCUT2D eigenvalue weighted by atomic mass is 79.9. The van der Waals surface area contributed by atoms with Crippen molar-refractivity contribution >= 4 is 26.9 Å². The van der Waals surface area contributed by atoms with Crippen molar-refractivity contribution in [1.29, 1.82) is 0 Å². The smallest absolute Gasteiger partial charge is 0.148 e. The molecule has 1 atom stereocenters. The normalized spacial score (nSPS) is 12.8. The summed E-state index contributed by atoms with van der Waals surface area (Å²) < 4.78 is 6.85. The van der Waals surface area contributed by atoms with E-state index in [0.29, 0.717) is 0 Å². The number of benzene rings is 2. The number of halogens is 1. The molecular weight excluding hydrogens is 314 g/mol. The molecule has 0 amide bonds. The van der Waals surface area contributed by atoms with Gasteiger partial charge in [0.1, 0.15) is 11.3 Å². The summed E-state index contributed by atoms with van der Waals surface area (Å²) in [6.07, 6.45) is 0.777. The minimum absolute atomic E-state index is 0.129. The second-order valence-corrected chi connectivity index (χ2v) is 5.96. The van der Waals surface area contributed by atoms with Gasteiger partial charge in [-0.25, -0.2) is 0 Å². The van der Waals surface area contributed by atoms with Crippen LogP contribution in [-0.4, -0.2) is 0 Å². The average Bonchev–Trinajstić information content (AvgIpc) is 2.84. The SMILES string of the molecule is Cc1cccc(CC(N)c2cc3cccc(Br)c3o2)c1. The van der Waals surface area contributed by atoms with Gasteiger partial charge in [0, 0.05) is 5.39 Å². The van der Waals surface area contributed by atoms with Crippen LogP contribution >= 0.6 is 15.9 Å². The molecule has 0 bridgehead atoms. The van der Waals surface area contributed by atoms with Crippen LogP contribution in [0.15, 0.2) is 57.4 Å². The Morgan fingerprint density at radius 3 is 2.70 bits per heavy atom. The molecule has 20 heavy (non-hydrogen) atoms. The van der Waals surface area contributed by atoms with E-state index in [1.165, 1.54) is 11.1 Å². The maximum absolute atomic E-state index is 6.28. The lowest BCUT2D eigenvalue weighted by Crippen LogP contribution is -2.12. The summed E-state index contributed by atoms with van der Waals surface area (Å²) >= 11 is 3.50. The molecule has 0 aliphatic heterocycles. The lowest BCUT2D eigenvalue weighted by molar-refractivity contribution is 0.493. The van der Waals surface area contributed by atoms with Crippen LogP contribution in [-0.2, 0) is 6.42 Å². The van der Waals surface area contributed by atoms with E-state index >= 15 is 0 Å². The van der Waals surface area contributed by atoms with E-state index < -0.39 is 0 Å². The molecule has 0 spiro atoms. The molecule has 3 aromatic rings. The van der Waals surface area contributed by atoms with Crippen LogP contribution < -0.4 is 5.73 Å². The Hall–Kier alpha value is -1.58. The molecule has 2 nitrogen and oxygen atoms in total. The van der Waals surface area contributed by atoms with Crippen LogP contribution in [0.4, 0.5) is 0 Å². The standard InChI is InChI=1S/C17H16BrNO/c1-11-4-2-5-12(8-11)9-15(19)16-10-13-6-3-7-14(18)17(13)20-16/h2-8,10,15H,9,19H2,1H3. The summed E-state index contributed by atoms with van der Waals surface area (Å²) in [5, 5.41) is 1.08. The zero-order chi connectivity index (χ0) is 14.1. The molecule has 2 N–H and O–H groups in total. The number of rotatable bonds is 3. The van der Waals surface area contributed by atoms with Crippen LogP contribution in [0.3, 0.4) is 0 Å². The zero-order valence-corrected chi connectivity index (χ0v) is 12.9. The van der Waals surface area contributed by atoms with Gasteiger partial charge in [0.2, 0.25) is 0 Å². The third kappa shape index (κ3) is 2.65. The van der Waals surface area contributed by atoms with Gasteiger partial charge in [-0.3, -0.25) is 0 Å². The van der Waals surface area contributed by atoms with Gasteiger partial charge in [-0.15, -0.1) is 0 Å². The van der Waals surface area contributed by atoms with Crippen molar-refractivity contribution in [3.8, 4) is 0 Å². The third-order valence-corrected chi connectivity index (χ3v) is 4.04. The Balaban J connectivity index is 1.89. The van der Waals surface area contributed by atoms with Gasteiger partial charge in [-0.1, -0.05) is 42.0 Å². The average molecular weight is 330 g/mol. The highest BCUT2D eigenvalue weighted by Crippen LogP contribution is 2.30. The van der Waals surface area contributed by atoms with Crippen molar-refractivity contribution in [2.75, 3.05) is 0 Å². The molecule has 0 radical (unpaired) electrons. The van der Waals surface area contributed by atoms with E-state index in [1.807, 2.05) is 24.3 Å². The van der Waals surface area contributed by atoms with Crippen molar-refractivity contribution in [2.24, 2.45) is 5.73 Å². The van der Waals surface area contributed by atoms with Gasteiger partial charge in [0.05, 0.1) is 10.5 Å². The Morgan fingerprint density at radius 1 is 1.15 bits per heavy atom. The van der Waals surface area contributed by atoms with E-state index in [1.54, 1.807) is 0 Å². The second-order valence-electron chi connectivity index (χ2n) is 5.11. The first-order valence-electron chi connectivity index (χ1n) is 6.62. The molecule has 0 saturated heterocycles. The largest absolute Gasteiger partial charge is 0.458 e. The molecule has 3 rings (SSSR count). The quantitative estimate of drug-likeness (QED) is 0.753. The van der Waals surface area contributed by atoms with Crippen LogP contribution in [0, 0.1) is 6.92 Å². The molecular formula is C17H16BrNO. The number of hydrogen-bond donors (Lipinski definition) is 1. The van der Waals surface area contributed by atoms with Crippen molar-refractivity contribution < 1.29 is 4.42 Å². The number of furan rings is 1. The zero-order valence-electron chi connectivity index (χ0n) is 11.3. The first-order chi connectivity index (χ1) is 9.63. The molecule has 0 aliphatic rings. The summed E-state index contributed by atoms with van der Waals surface area (Å²) in [6.45, 7) is 2.09. The first kappa shape index (κ1) is 13.4. The highest BCUT2D eigenvalue weighted by molar-refractivity contribution is 9.10. The minimum atomic E-state index is -0.129. The molecule has 0 saturated carbocycles. The molecule has 0 aliphatic carbocycles. The predicted octanol–water partition coefficient (Wildman–Crippen LogP) is 4.75. The second kappa shape index (κ2) is 5.43. The summed E-state index contributed by atoms with van der Waals surface area (Å²) in [4.78, 5) is 0. The van der Waals surface area contributed by atoms with Crippen molar-refractivity contribution in [1.82, 2.24) is 0 Å². The van der Waals surface area contributed by atoms with Crippen LogP contribution in [0.1, 0.15) is 22.9 Å². The summed E-state index contributed by atoms with van der Waals surface area (Å²) in [6, 6.07) is 16.3. The summed E-state index contributed by atoms with van der Waals surface area (Å²) in [5.41, 5.74) is 9.63. The minimum Gasteiger partial charge on any atom is -0.458 e. The van der Waals surface area contributed by atoms with Gasteiger partial charge in [-0.05, 0) is 47.0 Å². The Labute approximate surface area is 126 Å². The topological polar surface area (TPSA) is 39.2 Å². The van der Waals surface area contributed by atoms with Gasteiger partial charge < -0.3 is 10.2 Å². The number of aryl methyl sites for hydroxylation is 1. The van der Waals surface area contributed by atoms with E-state index in [4.69, 9.17) is 10.2 Å². The van der Waals surface area contributed by atoms with Crippen LogP contribution in [0.25, 0.3) is 11.0 Å². The van der Waals surface area contributed by atoms with E-state index in [9.17, 15) is 0 Å². The van der Waals surface area contributed by atoms with Gasteiger partial charge in [-0.2, -0.15) is 0 Å². The first-order valence-corrected chi connectivity index (χ1v) is 7.42. The molecule has 102 valence electrons. The fourth-order valence-electron chi connectivity index (χ4n) is 2.42. The van der Waals surface area contributed by atoms with Crippen molar-refractivity contribution in [3.05, 3.63) is 69.9 Å². The number of fused-ring (bicyclic) bond motifs is 1. The van der Waals surface area contributed by atoms with Gasteiger partial charge in [0.25, 0.3) is 0 Å². The van der Waals surface area contributed by atoms with Crippen LogP contribution in [0.5, 0.6) is 0 Å². The molecule has 2 aromatic carbocycles. The maximum atomic E-state index is 6.28. The summed E-state index contributed by atoms with van der Waals surface area (Å²) in [7, 11) is 0. The predicted molar refractivity (Wildman–Crippen MR) is 85.7 cm³/mol. The van der Waals surface area contributed by atoms with E-state index in [-0.39, 0.29) is 6.04 Å². The molecule has 1 aromatic heterocycles. The highest BCUT2D eigenvalue weighted by Gasteiger charge is 2.14. The lowest BCUT2D eigenvalue weighted by atomic mass is 10.0. The molecule has 1 heterocycles. The molecule has 3 heteroatoms. The van der Waals surface area contributed by atoms with Gasteiger partial charge >= 0.3 is 0 Å². The molecule has 1 unspecified atom stereocenters. The van der Waals surface area contributed by atoms with E-state index in [2.05, 4.69) is 47.1 Å². The van der Waals surface area contributed by atoms with Crippen molar-refractivity contribution in [2.45, 2.75) is 19.4 Å². The fraction of sp³-hybridized carbons (Fsp3) is 0.176. The van der Waals surface area contributed by atoms with Crippen molar-refractivity contribution in [3.63, 3.8) is 0 Å². The van der Waals surface area contributed by atoms with Crippen LogP contribution in [0.2, 0.25) is 0 Å². The van der Waals surface area contributed by atoms with Gasteiger partial charge in [0.15, 0.2) is 0 Å². The lowest BCUT2D eigenvalue weighted by Gasteiger charge is -2.09.